The summed E-state index contributed by atoms with van der Waals surface area (Å²) in [5.41, 5.74) is 0.671. The summed E-state index contributed by atoms with van der Waals surface area (Å²) in [6.07, 6.45) is 0. The summed E-state index contributed by atoms with van der Waals surface area (Å²) >= 11 is 8.97. The standard InChI is InChI=1S/C15H8BrClFNO/c16-14-6-5-11(18)7-12(14)15(20)13(8-19)9-1-3-10(17)4-2-9/h1-7,13H. The van der Waals surface area contributed by atoms with Gasteiger partial charge >= 0.3 is 0 Å². The smallest absolute Gasteiger partial charge is 0.185 e. The van der Waals surface area contributed by atoms with Gasteiger partial charge in [0.25, 0.3) is 0 Å². The predicted octanol–water partition coefficient (Wildman–Crippen LogP) is 4.73. The largest absolute Gasteiger partial charge is 0.292 e. The van der Waals surface area contributed by atoms with E-state index in [4.69, 9.17) is 11.6 Å². The highest BCUT2D eigenvalue weighted by atomic mass is 79.9. The first-order valence-electron chi connectivity index (χ1n) is 5.67. The van der Waals surface area contributed by atoms with Gasteiger partial charge in [0, 0.05) is 15.1 Å². The number of rotatable bonds is 3. The third kappa shape index (κ3) is 3.06. The summed E-state index contributed by atoms with van der Waals surface area (Å²) < 4.78 is 13.7. The number of benzene rings is 2. The fourth-order valence-corrected chi connectivity index (χ4v) is 2.35. The Hall–Kier alpha value is -1.70. The summed E-state index contributed by atoms with van der Waals surface area (Å²) in [6.45, 7) is 0. The molecule has 0 fully saturated rings. The number of halogens is 3. The number of hydrogen-bond donors (Lipinski definition) is 0. The van der Waals surface area contributed by atoms with Gasteiger partial charge in [-0.15, -0.1) is 0 Å². The molecule has 0 radical (unpaired) electrons. The van der Waals surface area contributed by atoms with E-state index in [2.05, 4.69) is 15.9 Å². The minimum absolute atomic E-state index is 0.145. The molecular formula is C15H8BrClFNO. The molecule has 2 aromatic rings. The highest BCUT2D eigenvalue weighted by molar-refractivity contribution is 9.10. The third-order valence-corrected chi connectivity index (χ3v) is 3.73. The van der Waals surface area contributed by atoms with E-state index >= 15 is 0 Å². The van der Waals surface area contributed by atoms with E-state index in [0.717, 1.165) is 6.07 Å². The number of hydrogen-bond acceptors (Lipinski definition) is 2. The monoisotopic (exact) mass is 351 g/mol. The normalized spacial score (nSPS) is 11.7. The number of ketones is 1. The second-order valence-electron chi connectivity index (χ2n) is 4.10. The van der Waals surface area contributed by atoms with Gasteiger partial charge in [0.15, 0.2) is 5.78 Å². The van der Waals surface area contributed by atoms with E-state index in [1.165, 1.54) is 12.1 Å². The fourth-order valence-electron chi connectivity index (χ4n) is 1.78. The number of nitriles is 1. The molecule has 2 nitrogen and oxygen atoms in total. The van der Waals surface area contributed by atoms with Gasteiger partial charge in [0.05, 0.1) is 6.07 Å². The molecule has 2 aromatic carbocycles. The molecule has 0 saturated carbocycles. The first kappa shape index (κ1) is 14.7. The van der Waals surface area contributed by atoms with Gasteiger partial charge in [-0.1, -0.05) is 39.7 Å². The quantitative estimate of drug-likeness (QED) is 0.749. The molecule has 100 valence electrons. The maximum absolute atomic E-state index is 13.3. The van der Waals surface area contributed by atoms with Crippen molar-refractivity contribution in [1.82, 2.24) is 0 Å². The van der Waals surface area contributed by atoms with Crippen LogP contribution < -0.4 is 0 Å². The molecule has 0 bridgehead atoms. The zero-order chi connectivity index (χ0) is 14.7. The maximum Gasteiger partial charge on any atom is 0.185 e. The van der Waals surface area contributed by atoms with Crippen LogP contribution in [0.25, 0.3) is 0 Å². The van der Waals surface area contributed by atoms with Crippen molar-refractivity contribution < 1.29 is 9.18 Å². The summed E-state index contributed by atoms with van der Waals surface area (Å²) in [5, 5.41) is 9.75. The Morgan fingerprint density at radius 1 is 1.25 bits per heavy atom. The van der Waals surface area contributed by atoms with Gasteiger partial charge in [-0.3, -0.25) is 4.79 Å². The third-order valence-electron chi connectivity index (χ3n) is 2.79. The molecule has 0 aromatic heterocycles. The molecule has 1 atom stereocenters. The average Bonchev–Trinajstić information content (AvgIpc) is 2.44. The Balaban J connectivity index is 2.42. The van der Waals surface area contributed by atoms with E-state index in [1.807, 2.05) is 6.07 Å². The molecule has 0 aliphatic carbocycles. The summed E-state index contributed by atoms with van der Waals surface area (Å²) in [6, 6.07) is 12.2. The highest BCUT2D eigenvalue weighted by Gasteiger charge is 2.23. The lowest BCUT2D eigenvalue weighted by atomic mass is 9.92. The minimum atomic E-state index is -0.995. The number of carbonyl (C=O) groups is 1. The molecule has 0 saturated heterocycles. The molecule has 0 spiro atoms. The van der Waals surface area contributed by atoms with Crippen LogP contribution in [0, 0.1) is 17.1 Å². The van der Waals surface area contributed by atoms with Crippen LogP contribution in [0.1, 0.15) is 21.8 Å². The first-order valence-corrected chi connectivity index (χ1v) is 6.84. The van der Waals surface area contributed by atoms with Crippen molar-refractivity contribution in [3.63, 3.8) is 0 Å². The van der Waals surface area contributed by atoms with Gasteiger partial charge in [-0.2, -0.15) is 5.26 Å². The Bertz CT molecular complexity index is 694. The topological polar surface area (TPSA) is 40.9 Å². The molecule has 20 heavy (non-hydrogen) atoms. The van der Waals surface area contributed by atoms with Crippen molar-refractivity contribution in [2.45, 2.75) is 5.92 Å². The Kier molecular flexibility index (Phi) is 4.53. The second kappa shape index (κ2) is 6.17. The van der Waals surface area contributed by atoms with Gasteiger partial charge in [-0.25, -0.2) is 4.39 Å². The molecular weight excluding hydrogens is 345 g/mol. The van der Waals surface area contributed by atoms with Crippen LogP contribution in [0.15, 0.2) is 46.9 Å². The average molecular weight is 353 g/mol. The van der Waals surface area contributed by atoms with E-state index in [0.29, 0.717) is 15.1 Å². The lowest BCUT2D eigenvalue weighted by Crippen LogP contribution is -2.12. The Morgan fingerprint density at radius 3 is 2.50 bits per heavy atom. The maximum atomic E-state index is 13.3. The van der Waals surface area contributed by atoms with Crippen molar-refractivity contribution in [2.24, 2.45) is 0 Å². The van der Waals surface area contributed by atoms with E-state index in [9.17, 15) is 14.4 Å². The molecule has 1 unspecified atom stereocenters. The second-order valence-corrected chi connectivity index (χ2v) is 5.39. The van der Waals surface area contributed by atoms with Gasteiger partial charge in [0.1, 0.15) is 11.7 Å². The zero-order valence-electron chi connectivity index (χ0n) is 10.1. The van der Waals surface area contributed by atoms with E-state index in [1.54, 1.807) is 24.3 Å². The van der Waals surface area contributed by atoms with Crippen LogP contribution in [0.2, 0.25) is 5.02 Å². The van der Waals surface area contributed by atoms with Crippen LogP contribution in [0.5, 0.6) is 0 Å². The van der Waals surface area contributed by atoms with Gasteiger partial charge in [-0.05, 0) is 35.9 Å². The molecule has 5 heteroatoms. The van der Waals surface area contributed by atoms with Crippen LogP contribution in [0.4, 0.5) is 4.39 Å². The lowest BCUT2D eigenvalue weighted by Gasteiger charge is -2.10. The van der Waals surface area contributed by atoms with Crippen LogP contribution >= 0.6 is 27.5 Å². The zero-order valence-corrected chi connectivity index (χ0v) is 12.5. The van der Waals surface area contributed by atoms with Crippen molar-refractivity contribution in [3.05, 3.63) is 68.9 Å². The van der Waals surface area contributed by atoms with Crippen molar-refractivity contribution >= 4 is 33.3 Å². The van der Waals surface area contributed by atoms with Crippen LogP contribution in [0.3, 0.4) is 0 Å². The number of nitrogens with zero attached hydrogens (tertiary/aromatic N) is 1. The van der Waals surface area contributed by atoms with E-state index < -0.39 is 17.5 Å². The summed E-state index contributed by atoms with van der Waals surface area (Å²) in [5.74, 6) is -1.98. The minimum Gasteiger partial charge on any atom is -0.292 e. The molecule has 0 heterocycles. The van der Waals surface area contributed by atoms with Crippen molar-refractivity contribution in [2.75, 3.05) is 0 Å². The fraction of sp³-hybridized carbons (Fsp3) is 0.0667. The molecule has 0 aliphatic heterocycles. The summed E-state index contributed by atoms with van der Waals surface area (Å²) in [4.78, 5) is 12.4. The highest BCUT2D eigenvalue weighted by Crippen LogP contribution is 2.26. The Labute approximate surface area is 128 Å². The number of Topliss-reactive ketones (excluding diaryl/α,β-unsaturated/α-hetero) is 1. The SMILES string of the molecule is N#CC(C(=O)c1cc(F)ccc1Br)c1ccc(Cl)cc1. The van der Waals surface area contributed by atoms with Gasteiger partial charge in [0.2, 0.25) is 0 Å². The van der Waals surface area contributed by atoms with Crippen LogP contribution in [-0.4, -0.2) is 5.78 Å². The lowest BCUT2D eigenvalue weighted by molar-refractivity contribution is 0.0977. The van der Waals surface area contributed by atoms with E-state index in [-0.39, 0.29) is 5.56 Å². The molecule has 2 rings (SSSR count). The molecule has 0 amide bonds. The van der Waals surface area contributed by atoms with Crippen molar-refractivity contribution in [3.8, 4) is 6.07 Å². The number of carbonyl (C=O) groups excluding carboxylic acids is 1. The molecule has 0 aliphatic rings. The van der Waals surface area contributed by atoms with Gasteiger partial charge < -0.3 is 0 Å². The Morgan fingerprint density at radius 2 is 1.90 bits per heavy atom. The van der Waals surface area contributed by atoms with Crippen LogP contribution in [-0.2, 0) is 0 Å². The molecule has 0 N–H and O–H groups in total. The summed E-state index contributed by atoms with van der Waals surface area (Å²) in [7, 11) is 0. The first-order chi connectivity index (χ1) is 9.52. The van der Waals surface area contributed by atoms with Crippen molar-refractivity contribution in [1.29, 1.82) is 5.26 Å². The predicted molar refractivity (Wildman–Crippen MR) is 78.2 cm³/mol.